The number of hydrogen-bond acceptors (Lipinski definition) is 7. The molecule has 8 heteroatoms. The van der Waals surface area contributed by atoms with Crippen molar-refractivity contribution in [1.82, 2.24) is 15.5 Å². The summed E-state index contributed by atoms with van der Waals surface area (Å²) >= 11 is 1.73. The Hall–Kier alpha value is -2.19. The molecular weight excluding hydrogens is 352 g/mol. The van der Waals surface area contributed by atoms with Crippen LogP contribution >= 0.6 is 11.8 Å². The van der Waals surface area contributed by atoms with Gasteiger partial charge in [-0.25, -0.2) is 0 Å². The Morgan fingerprint density at radius 3 is 2.88 bits per heavy atom. The van der Waals surface area contributed by atoms with Crippen LogP contribution in [0, 0.1) is 10.1 Å². The first-order valence-corrected chi connectivity index (χ1v) is 9.68. The van der Waals surface area contributed by atoms with Crippen LogP contribution in [-0.2, 0) is 12.3 Å². The lowest BCUT2D eigenvalue weighted by Gasteiger charge is -2.14. The zero-order chi connectivity index (χ0) is 18.8. The summed E-state index contributed by atoms with van der Waals surface area (Å²) in [4.78, 5) is 12.4. The third kappa shape index (κ3) is 7.79. The van der Waals surface area contributed by atoms with Crippen molar-refractivity contribution < 1.29 is 9.34 Å². The van der Waals surface area contributed by atoms with E-state index in [9.17, 15) is 10.1 Å². The van der Waals surface area contributed by atoms with E-state index in [-0.39, 0.29) is 0 Å². The molecule has 0 spiro atoms. The number of rotatable bonds is 11. The van der Waals surface area contributed by atoms with Gasteiger partial charge in [0, 0.05) is 24.4 Å². The standard InChI is InChI=1S/C18H26N4O3S/c1-21(2)12-16-8-9-17(25-16)14-26-11-10-19-18(13-22(23)24)20-15-6-4-3-5-7-15/h3-4,7-9,13,19-20H,5-6,10-12,14H2,1-2H3/b18-13-. The Kier molecular flexibility index (Phi) is 8.30. The van der Waals surface area contributed by atoms with Crippen LogP contribution in [0.3, 0.4) is 0 Å². The number of nitro groups is 1. The molecule has 0 radical (unpaired) electrons. The van der Waals surface area contributed by atoms with Crippen molar-refractivity contribution in [2.24, 2.45) is 0 Å². The van der Waals surface area contributed by atoms with Crippen molar-refractivity contribution in [2.45, 2.75) is 25.1 Å². The molecule has 1 heterocycles. The zero-order valence-corrected chi connectivity index (χ0v) is 16.1. The summed E-state index contributed by atoms with van der Waals surface area (Å²) in [5.74, 6) is 3.93. The van der Waals surface area contributed by atoms with E-state index >= 15 is 0 Å². The topological polar surface area (TPSA) is 83.6 Å². The lowest BCUT2D eigenvalue weighted by Crippen LogP contribution is -2.28. The molecule has 142 valence electrons. The summed E-state index contributed by atoms with van der Waals surface area (Å²) in [7, 11) is 4.01. The summed E-state index contributed by atoms with van der Waals surface area (Å²) in [5.41, 5.74) is 0.977. The van der Waals surface area contributed by atoms with Crippen molar-refractivity contribution in [3.05, 3.63) is 69.7 Å². The Morgan fingerprint density at radius 2 is 2.19 bits per heavy atom. The number of nitrogens with one attached hydrogen (secondary N) is 2. The van der Waals surface area contributed by atoms with Gasteiger partial charge in [0.2, 0.25) is 0 Å². The summed E-state index contributed by atoms with van der Waals surface area (Å²) in [6.07, 6.45) is 8.75. The largest absolute Gasteiger partial charge is 0.464 e. The third-order valence-corrected chi connectivity index (χ3v) is 4.51. The molecule has 1 aromatic heterocycles. The first-order valence-electron chi connectivity index (χ1n) is 8.53. The van der Waals surface area contributed by atoms with Gasteiger partial charge in [-0.1, -0.05) is 18.2 Å². The summed E-state index contributed by atoms with van der Waals surface area (Å²) in [6, 6.07) is 4.00. The zero-order valence-electron chi connectivity index (χ0n) is 15.2. The molecule has 1 aliphatic carbocycles. The van der Waals surface area contributed by atoms with Crippen molar-refractivity contribution in [1.29, 1.82) is 0 Å². The van der Waals surface area contributed by atoms with Crippen molar-refractivity contribution >= 4 is 11.8 Å². The maximum atomic E-state index is 10.8. The highest BCUT2D eigenvalue weighted by Crippen LogP contribution is 2.16. The molecule has 0 aliphatic heterocycles. The fourth-order valence-corrected chi connectivity index (χ4v) is 3.18. The Balaban J connectivity index is 1.71. The van der Waals surface area contributed by atoms with Crippen LogP contribution in [-0.4, -0.2) is 36.2 Å². The predicted octanol–water partition coefficient (Wildman–Crippen LogP) is 3.06. The average Bonchev–Trinajstić information content (AvgIpc) is 3.01. The fourth-order valence-electron chi connectivity index (χ4n) is 2.43. The molecule has 0 saturated heterocycles. The van der Waals surface area contributed by atoms with Gasteiger partial charge < -0.3 is 20.0 Å². The van der Waals surface area contributed by atoms with Gasteiger partial charge in [0.25, 0.3) is 6.20 Å². The second kappa shape index (κ2) is 10.7. The maximum absolute atomic E-state index is 10.8. The Bertz CT molecular complexity index is 680. The Labute approximate surface area is 158 Å². The van der Waals surface area contributed by atoms with Crippen LogP contribution in [0.2, 0.25) is 0 Å². The minimum Gasteiger partial charge on any atom is -0.464 e. The third-order valence-electron chi connectivity index (χ3n) is 3.53. The molecule has 0 bridgehead atoms. The van der Waals surface area contributed by atoms with E-state index in [1.165, 1.54) is 0 Å². The number of allylic oxidation sites excluding steroid dienone is 3. The molecule has 0 fully saturated rings. The molecule has 1 aromatic rings. The minimum absolute atomic E-state index is 0.420. The molecule has 2 rings (SSSR count). The van der Waals surface area contributed by atoms with E-state index in [1.54, 1.807) is 11.8 Å². The summed E-state index contributed by atoms with van der Waals surface area (Å²) in [6.45, 7) is 1.42. The van der Waals surface area contributed by atoms with E-state index in [0.717, 1.165) is 54.3 Å². The molecule has 2 N–H and O–H groups in total. The molecule has 0 saturated carbocycles. The summed E-state index contributed by atoms with van der Waals surface area (Å²) in [5, 5.41) is 17.0. The van der Waals surface area contributed by atoms with Crippen molar-refractivity contribution in [2.75, 3.05) is 26.4 Å². The predicted molar refractivity (Wildman–Crippen MR) is 105 cm³/mol. The highest BCUT2D eigenvalue weighted by Gasteiger charge is 2.07. The number of nitrogens with zero attached hydrogens (tertiary/aromatic N) is 2. The van der Waals surface area contributed by atoms with Gasteiger partial charge in [-0.15, -0.1) is 0 Å². The van der Waals surface area contributed by atoms with Gasteiger partial charge in [-0.05, 0) is 32.6 Å². The molecule has 0 aromatic carbocycles. The maximum Gasteiger partial charge on any atom is 0.274 e. The van der Waals surface area contributed by atoms with E-state index in [4.69, 9.17) is 4.42 Å². The monoisotopic (exact) mass is 378 g/mol. The van der Waals surface area contributed by atoms with Gasteiger partial charge in [0.1, 0.15) is 11.5 Å². The molecule has 1 aliphatic rings. The van der Waals surface area contributed by atoms with Crippen LogP contribution in [0.4, 0.5) is 0 Å². The molecule has 0 atom stereocenters. The number of thioether (sulfide) groups is 1. The highest BCUT2D eigenvalue weighted by atomic mass is 32.2. The van der Waals surface area contributed by atoms with E-state index in [2.05, 4.69) is 27.7 Å². The second-order valence-electron chi connectivity index (χ2n) is 6.18. The van der Waals surface area contributed by atoms with Crippen molar-refractivity contribution in [3.8, 4) is 0 Å². The smallest absolute Gasteiger partial charge is 0.274 e. The lowest BCUT2D eigenvalue weighted by molar-refractivity contribution is -0.404. The van der Waals surface area contributed by atoms with E-state index < -0.39 is 4.92 Å². The van der Waals surface area contributed by atoms with Crippen molar-refractivity contribution in [3.63, 3.8) is 0 Å². The first-order chi connectivity index (χ1) is 12.5. The van der Waals surface area contributed by atoms with Gasteiger partial charge in [-0.3, -0.25) is 10.1 Å². The first kappa shape index (κ1) is 20.1. The average molecular weight is 378 g/mol. The normalized spacial score (nSPS) is 14.4. The van der Waals surface area contributed by atoms with Crippen LogP contribution < -0.4 is 10.6 Å². The van der Waals surface area contributed by atoms with E-state index in [1.807, 2.05) is 32.3 Å². The van der Waals surface area contributed by atoms with Crippen LogP contribution in [0.1, 0.15) is 24.4 Å². The molecular formula is C18H26N4O3S. The van der Waals surface area contributed by atoms with Gasteiger partial charge >= 0.3 is 0 Å². The number of furan rings is 1. The van der Waals surface area contributed by atoms with Gasteiger partial charge in [-0.2, -0.15) is 11.8 Å². The van der Waals surface area contributed by atoms with Crippen LogP contribution in [0.25, 0.3) is 0 Å². The summed E-state index contributed by atoms with van der Waals surface area (Å²) < 4.78 is 5.77. The van der Waals surface area contributed by atoms with Crippen LogP contribution in [0.15, 0.2) is 52.5 Å². The fraction of sp³-hybridized carbons (Fsp3) is 0.444. The minimum atomic E-state index is -0.448. The SMILES string of the molecule is CN(C)Cc1ccc(CSCCN/C(=C/[N+](=O)[O-])NC2=CCC=CC2)o1. The van der Waals surface area contributed by atoms with E-state index in [0.29, 0.717) is 12.4 Å². The number of hydrogen-bond donors (Lipinski definition) is 2. The quantitative estimate of drug-likeness (QED) is 0.265. The Morgan fingerprint density at radius 1 is 1.38 bits per heavy atom. The second-order valence-corrected chi connectivity index (χ2v) is 7.28. The molecule has 0 amide bonds. The molecule has 7 nitrogen and oxygen atoms in total. The highest BCUT2D eigenvalue weighted by molar-refractivity contribution is 7.98. The van der Waals surface area contributed by atoms with Crippen LogP contribution in [0.5, 0.6) is 0 Å². The van der Waals surface area contributed by atoms with Gasteiger partial charge in [0.15, 0.2) is 5.82 Å². The lowest BCUT2D eigenvalue weighted by atomic mass is 10.1. The van der Waals surface area contributed by atoms with Gasteiger partial charge in [0.05, 0.1) is 17.2 Å². The molecule has 0 unspecified atom stereocenters. The molecule has 26 heavy (non-hydrogen) atoms.